The van der Waals surface area contributed by atoms with Crippen LogP contribution in [0.5, 0.6) is 5.75 Å². The van der Waals surface area contributed by atoms with Gasteiger partial charge in [0.1, 0.15) is 5.75 Å². The Balaban J connectivity index is 1.83. The molecule has 0 saturated carbocycles. The van der Waals surface area contributed by atoms with Gasteiger partial charge in [-0.2, -0.15) is 0 Å². The van der Waals surface area contributed by atoms with Crippen molar-refractivity contribution in [2.75, 3.05) is 26.4 Å². The van der Waals surface area contributed by atoms with Gasteiger partial charge >= 0.3 is 5.97 Å². The van der Waals surface area contributed by atoms with E-state index in [4.69, 9.17) is 19.3 Å². The van der Waals surface area contributed by atoms with Crippen LogP contribution >= 0.6 is 0 Å². The lowest BCUT2D eigenvalue weighted by atomic mass is 10.2. The maximum absolute atomic E-state index is 11.8. The lowest BCUT2D eigenvalue weighted by molar-refractivity contribution is -0.147. The summed E-state index contributed by atoms with van der Waals surface area (Å²) in [5.41, 5.74) is 0.808. The molecule has 1 aromatic rings. The third kappa shape index (κ3) is 5.05. The molecule has 1 aliphatic heterocycles. The molecule has 21 heavy (non-hydrogen) atoms. The van der Waals surface area contributed by atoms with Crippen molar-refractivity contribution in [3.8, 4) is 5.75 Å². The molecule has 0 bridgehead atoms. The minimum Gasteiger partial charge on any atom is -0.482 e. The van der Waals surface area contributed by atoms with Crippen LogP contribution in [0.4, 0.5) is 0 Å². The van der Waals surface area contributed by atoms with Gasteiger partial charge in [0, 0.05) is 6.54 Å². The van der Waals surface area contributed by atoms with Gasteiger partial charge in [-0.3, -0.25) is 4.79 Å². The number of ether oxygens (including phenoxy) is 3. The summed E-state index contributed by atoms with van der Waals surface area (Å²) in [7, 11) is 0. The highest BCUT2D eigenvalue weighted by molar-refractivity contribution is 5.81. The molecular weight excluding hydrogens is 278 g/mol. The first-order chi connectivity index (χ1) is 10.1. The zero-order valence-electron chi connectivity index (χ0n) is 11.4. The van der Waals surface area contributed by atoms with Crippen LogP contribution < -0.4 is 10.1 Å². The summed E-state index contributed by atoms with van der Waals surface area (Å²) in [6.07, 6.45) is -0.579. The molecule has 2 N–H and O–H groups in total. The van der Waals surface area contributed by atoms with Crippen molar-refractivity contribution in [1.82, 2.24) is 5.32 Å². The maximum Gasteiger partial charge on any atom is 0.341 e. The quantitative estimate of drug-likeness (QED) is 0.777. The van der Waals surface area contributed by atoms with Crippen LogP contribution in [0.25, 0.3) is 0 Å². The number of benzene rings is 1. The predicted octanol–water partition coefficient (Wildman–Crippen LogP) is 0.182. The first kappa shape index (κ1) is 15.3. The molecule has 1 atom stereocenters. The molecule has 1 amide bonds. The highest BCUT2D eigenvalue weighted by atomic mass is 16.6. The zero-order chi connectivity index (χ0) is 15.1. The standard InChI is InChI=1S/C14H17NO6/c16-13(17)9-21-11-3-1-2-10(6-11)7-15-14(18)12-8-19-4-5-20-12/h1-3,6,12H,4-5,7-9H2,(H,15,18)(H,16,17)/t12-/m0/s1. The number of aliphatic carboxylic acids is 1. The van der Waals surface area contributed by atoms with Gasteiger partial charge < -0.3 is 24.6 Å². The smallest absolute Gasteiger partial charge is 0.341 e. The largest absolute Gasteiger partial charge is 0.482 e. The molecule has 7 heteroatoms. The Bertz CT molecular complexity index is 498. The van der Waals surface area contributed by atoms with Gasteiger partial charge in [0.2, 0.25) is 0 Å². The van der Waals surface area contributed by atoms with Crippen molar-refractivity contribution >= 4 is 11.9 Å². The Labute approximate surface area is 121 Å². The number of nitrogens with one attached hydrogen (secondary N) is 1. The molecule has 1 heterocycles. The van der Waals surface area contributed by atoms with E-state index in [1.54, 1.807) is 18.2 Å². The fraction of sp³-hybridized carbons (Fsp3) is 0.429. The van der Waals surface area contributed by atoms with Crippen LogP contribution in [0.3, 0.4) is 0 Å². The number of amides is 1. The third-order valence-electron chi connectivity index (χ3n) is 2.84. The van der Waals surface area contributed by atoms with Crippen LogP contribution in [-0.4, -0.2) is 49.5 Å². The Kier molecular flexibility index (Phi) is 5.53. The van der Waals surface area contributed by atoms with Crippen molar-refractivity contribution in [1.29, 1.82) is 0 Å². The number of hydrogen-bond donors (Lipinski definition) is 2. The van der Waals surface area contributed by atoms with Crippen molar-refractivity contribution in [3.05, 3.63) is 29.8 Å². The van der Waals surface area contributed by atoms with Crippen LogP contribution in [0.15, 0.2) is 24.3 Å². The summed E-state index contributed by atoms with van der Waals surface area (Å²) in [5.74, 6) is -0.823. The number of carboxylic acid groups (broad SMARTS) is 1. The summed E-state index contributed by atoms with van der Waals surface area (Å²) < 4.78 is 15.5. The molecule has 2 rings (SSSR count). The van der Waals surface area contributed by atoms with E-state index in [2.05, 4.69) is 5.32 Å². The predicted molar refractivity (Wildman–Crippen MR) is 72.0 cm³/mol. The van der Waals surface area contributed by atoms with Crippen LogP contribution in [0.2, 0.25) is 0 Å². The second kappa shape index (κ2) is 7.61. The Morgan fingerprint density at radius 2 is 2.24 bits per heavy atom. The molecule has 0 aliphatic carbocycles. The van der Waals surface area contributed by atoms with Crippen molar-refractivity contribution < 1.29 is 28.9 Å². The molecule has 1 saturated heterocycles. The average molecular weight is 295 g/mol. The van der Waals surface area contributed by atoms with Gasteiger partial charge in [-0.05, 0) is 17.7 Å². The average Bonchev–Trinajstić information content (AvgIpc) is 2.52. The molecule has 0 radical (unpaired) electrons. The van der Waals surface area contributed by atoms with E-state index in [1.165, 1.54) is 0 Å². The third-order valence-corrected chi connectivity index (χ3v) is 2.84. The Hall–Kier alpha value is -2.12. The molecule has 1 aliphatic rings. The van der Waals surface area contributed by atoms with Crippen molar-refractivity contribution in [2.45, 2.75) is 12.6 Å². The number of carbonyl (C=O) groups is 2. The molecule has 1 aromatic carbocycles. The second-order valence-corrected chi connectivity index (χ2v) is 4.48. The highest BCUT2D eigenvalue weighted by Crippen LogP contribution is 2.13. The first-order valence-corrected chi connectivity index (χ1v) is 6.56. The molecule has 1 fully saturated rings. The van der Waals surface area contributed by atoms with Gasteiger partial charge in [-0.25, -0.2) is 4.79 Å². The minimum atomic E-state index is -1.04. The zero-order valence-corrected chi connectivity index (χ0v) is 11.4. The van der Waals surface area contributed by atoms with Crippen molar-refractivity contribution in [2.24, 2.45) is 0 Å². The van der Waals surface area contributed by atoms with E-state index < -0.39 is 18.7 Å². The van der Waals surface area contributed by atoms with E-state index in [0.29, 0.717) is 25.5 Å². The van der Waals surface area contributed by atoms with E-state index in [0.717, 1.165) is 5.56 Å². The van der Waals surface area contributed by atoms with E-state index in [-0.39, 0.29) is 12.5 Å². The fourth-order valence-electron chi connectivity index (χ4n) is 1.83. The Morgan fingerprint density at radius 3 is 2.95 bits per heavy atom. The molecule has 7 nitrogen and oxygen atoms in total. The number of hydrogen-bond acceptors (Lipinski definition) is 5. The van der Waals surface area contributed by atoms with E-state index in [1.807, 2.05) is 6.07 Å². The lowest BCUT2D eigenvalue weighted by Gasteiger charge is -2.22. The SMILES string of the molecule is O=C(O)COc1cccc(CNC(=O)[C@@H]2COCCO2)c1. The summed E-state index contributed by atoms with van der Waals surface area (Å²) >= 11 is 0. The maximum atomic E-state index is 11.8. The minimum absolute atomic E-state index is 0.230. The normalized spacial score (nSPS) is 18.0. The van der Waals surface area contributed by atoms with Crippen molar-refractivity contribution in [3.63, 3.8) is 0 Å². The van der Waals surface area contributed by atoms with Crippen LogP contribution in [-0.2, 0) is 25.6 Å². The van der Waals surface area contributed by atoms with Gasteiger partial charge in [-0.1, -0.05) is 12.1 Å². The summed E-state index contributed by atoms with van der Waals surface area (Å²) in [6, 6.07) is 6.89. The number of carbonyl (C=O) groups excluding carboxylic acids is 1. The summed E-state index contributed by atoms with van der Waals surface area (Å²) in [6.45, 7) is 1.09. The Morgan fingerprint density at radius 1 is 1.38 bits per heavy atom. The second-order valence-electron chi connectivity index (χ2n) is 4.48. The molecule has 0 spiro atoms. The number of carboxylic acids is 1. The summed E-state index contributed by atoms with van der Waals surface area (Å²) in [5, 5.41) is 11.3. The molecule has 0 unspecified atom stereocenters. The molecule has 0 aromatic heterocycles. The van der Waals surface area contributed by atoms with Gasteiger partial charge in [0.15, 0.2) is 12.7 Å². The van der Waals surface area contributed by atoms with E-state index in [9.17, 15) is 9.59 Å². The van der Waals surface area contributed by atoms with Gasteiger partial charge in [0.05, 0.1) is 19.8 Å². The molecule has 114 valence electrons. The molecular formula is C14H17NO6. The number of rotatable bonds is 6. The fourth-order valence-corrected chi connectivity index (χ4v) is 1.83. The monoisotopic (exact) mass is 295 g/mol. The first-order valence-electron chi connectivity index (χ1n) is 6.56. The van der Waals surface area contributed by atoms with Crippen LogP contribution in [0, 0.1) is 0 Å². The highest BCUT2D eigenvalue weighted by Gasteiger charge is 2.22. The van der Waals surface area contributed by atoms with Gasteiger partial charge in [0.25, 0.3) is 5.91 Å². The van der Waals surface area contributed by atoms with Gasteiger partial charge in [-0.15, -0.1) is 0 Å². The summed E-state index contributed by atoms with van der Waals surface area (Å²) in [4.78, 5) is 22.3. The van der Waals surface area contributed by atoms with Crippen LogP contribution in [0.1, 0.15) is 5.56 Å². The topological polar surface area (TPSA) is 94.1 Å². The van der Waals surface area contributed by atoms with E-state index >= 15 is 0 Å². The lowest BCUT2D eigenvalue weighted by Crippen LogP contribution is -2.42.